The zero-order chi connectivity index (χ0) is 10.1. The van der Waals surface area contributed by atoms with Crippen molar-refractivity contribution in [3.05, 3.63) is 33.2 Å². The van der Waals surface area contributed by atoms with Gasteiger partial charge < -0.3 is 4.52 Å². The first-order chi connectivity index (χ1) is 6.66. The van der Waals surface area contributed by atoms with Crippen molar-refractivity contribution in [2.75, 3.05) is 0 Å². The molecule has 1 heterocycles. The van der Waals surface area contributed by atoms with Crippen LogP contribution in [0, 0.1) is 17.7 Å². The number of aryl methyl sites for hydroxylation is 2. The zero-order valence-electron chi connectivity index (χ0n) is 7.91. The molecule has 3 nitrogen and oxygen atoms in total. The van der Waals surface area contributed by atoms with Crippen LogP contribution in [0.3, 0.4) is 0 Å². The van der Waals surface area contributed by atoms with Crippen LogP contribution in [0.1, 0.15) is 11.1 Å². The topological polar surface area (TPSA) is 38.9 Å². The van der Waals surface area contributed by atoms with E-state index in [9.17, 15) is 0 Å². The molecule has 0 amide bonds. The van der Waals surface area contributed by atoms with E-state index in [0.29, 0.717) is 9.72 Å². The normalized spacial score (nSPS) is 10.5. The summed E-state index contributed by atoms with van der Waals surface area (Å²) in [5.74, 6) is 0.590. The third kappa shape index (κ3) is 1.79. The van der Waals surface area contributed by atoms with Gasteiger partial charge in [0, 0.05) is 28.2 Å². The molecule has 0 saturated heterocycles. The van der Waals surface area contributed by atoms with Gasteiger partial charge in [0.15, 0.2) is 0 Å². The highest BCUT2D eigenvalue weighted by molar-refractivity contribution is 14.1. The van der Waals surface area contributed by atoms with Crippen LogP contribution in [-0.4, -0.2) is 10.1 Å². The summed E-state index contributed by atoms with van der Waals surface area (Å²) in [5.41, 5.74) is 3.40. The Morgan fingerprint density at radius 3 is 2.64 bits per heavy atom. The average Bonchev–Trinajstić information content (AvgIpc) is 2.51. The average molecular weight is 300 g/mol. The Labute approximate surface area is 95.7 Å². The van der Waals surface area contributed by atoms with Crippen molar-refractivity contribution in [1.29, 1.82) is 0 Å². The maximum atomic E-state index is 5.10. The van der Waals surface area contributed by atoms with Crippen molar-refractivity contribution in [3.63, 3.8) is 0 Å². The highest BCUT2D eigenvalue weighted by Gasteiger charge is 2.09. The van der Waals surface area contributed by atoms with Crippen LogP contribution in [0.5, 0.6) is 0 Å². The number of aromatic nitrogens is 2. The molecule has 0 bridgehead atoms. The Hall–Kier alpha value is -0.910. The largest absolute Gasteiger partial charge is 0.333 e. The van der Waals surface area contributed by atoms with Crippen molar-refractivity contribution in [3.8, 4) is 11.5 Å². The van der Waals surface area contributed by atoms with E-state index in [4.69, 9.17) is 4.52 Å². The number of nitrogens with zero attached hydrogens (tertiary/aromatic N) is 2. The van der Waals surface area contributed by atoms with Gasteiger partial charge in [0.05, 0.1) is 0 Å². The zero-order valence-corrected chi connectivity index (χ0v) is 10.1. The fourth-order valence-corrected chi connectivity index (χ4v) is 1.69. The Kier molecular flexibility index (Phi) is 2.54. The van der Waals surface area contributed by atoms with Gasteiger partial charge in [-0.25, -0.2) is 0 Å². The lowest BCUT2D eigenvalue weighted by atomic mass is 10.1. The molecule has 0 saturated carbocycles. The quantitative estimate of drug-likeness (QED) is 0.760. The van der Waals surface area contributed by atoms with Gasteiger partial charge in [-0.2, -0.15) is 4.98 Å². The van der Waals surface area contributed by atoms with Gasteiger partial charge in [0.2, 0.25) is 3.83 Å². The molecule has 0 aliphatic heterocycles. The predicted octanol–water partition coefficient (Wildman–Crippen LogP) is 2.96. The summed E-state index contributed by atoms with van der Waals surface area (Å²) in [4.78, 5) is 4.18. The predicted molar refractivity (Wildman–Crippen MR) is 61.9 cm³/mol. The van der Waals surface area contributed by atoms with Crippen molar-refractivity contribution >= 4 is 22.6 Å². The summed E-state index contributed by atoms with van der Waals surface area (Å²) in [6, 6.07) is 6.15. The van der Waals surface area contributed by atoms with E-state index in [2.05, 4.69) is 23.1 Å². The fourth-order valence-electron chi connectivity index (χ4n) is 1.37. The number of rotatable bonds is 1. The van der Waals surface area contributed by atoms with Gasteiger partial charge in [-0.3, -0.25) is 0 Å². The fraction of sp³-hybridized carbons (Fsp3) is 0.200. The summed E-state index contributed by atoms with van der Waals surface area (Å²) in [6.07, 6.45) is 0. The van der Waals surface area contributed by atoms with Gasteiger partial charge in [-0.1, -0.05) is 22.9 Å². The maximum absolute atomic E-state index is 5.10. The van der Waals surface area contributed by atoms with Crippen LogP contribution in [0.25, 0.3) is 11.5 Å². The van der Waals surface area contributed by atoms with Crippen LogP contribution in [-0.2, 0) is 0 Å². The van der Waals surface area contributed by atoms with Crippen molar-refractivity contribution in [1.82, 2.24) is 10.1 Å². The minimum atomic E-state index is 0.590. The van der Waals surface area contributed by atoms with Crippen molar-refractivity contribution in [2.24, 2.45) is 0 Å². The number of halogens is 1. The molecule has 4 heteroatoms. The first kappa shape index (κ1) is 9.64. The molecular weight excluding hydrogens is 291 g/mol. The summed E-state index contributed by atoms with van der Waals surface area (Å²) < 4.78 is 5.74. The summed E-state index contributed by atoms with van der Waals surface area (Å²) in [6.45, 7) is 4.10. The summed E-state index contributed by atoms with van der Waals surface area (Å²) >= 11 is 2.03. The number of benzene rings is 1. The van der Waals surface area contributed by atoms with Crippen LogP contribution in [0.2, 0.25) is 0 Å². The molecule has 72 valence electrons. The van der Waals surface area contributed by atoms with E-state index in [-0.39, 0.29) is 0 Å². The third-order valence-electron chi connectivity index (χ3n) is 2.01. The highest BCUT2D eigenvalue weighted by atomic mass is 127. The molecule has 14 heavy (non-hydrogen) atoms. The van der Waals surface area contributed by atoms with Crippen LogP contribution >= 0.6 is 22.6 Å². The molecule has 1 aromatic carbocycles. The molecule has 0 unspecified atom stereocenters. The first-order valence-corrected chi connectivity index (χ1v) is 5.31. The van der Waals surface area contributed by atoms with Crippen molar-refractivity contribution in [2.45, 2.75) is 13.8 Å². The van der Waals surface area contributed by atoms with Gasteiger partial charge in [-0.15, -0.1) is 0 Å². The number of hydrogen-bond acceptors (Lipinski definition) is 3. The summed E-state index contributed by atoms with van der Waals surface area (Å²) in [5, 5.41) is 3.76. The minimum Gasteiger partial charge on any atom is -0.333 e. The standard InChI is InChI=1S/C10H9IN2O/c1-6-3-4-8(7(2)5-6)9-12-10(11)13-14-9/h3-5H,1-2H3. The van der Waals surface area contributed by atoms with Crippen LogP contribution in [0.15, 0.2) is 22.7 Å². The van der Waals surface area contributed by atoms with Gasteiger partial charge >= 0.3 is 0 Å². The van der Waals surface area contributed by atoms with E-state index in [1.54, 1.807) is 0 Å². The van der Waals surface area contributed by atoms with Gasteiger partial charge in [-0.05, 0) is 25.5 Å². The summed E-state index contributed by atoms with van der Waals surface area (Å²) in [7, 11) is 0. The molecule has 2 rings (SSSR count). The molecule has 0 radical (unpaired) electrons. The molecule has 0 atom stereocenters. The lowest BCUT2D eigenvalue weighted by Gasteiger charge is -2.00. The SMILES string of the molecule is Cc1ccc(-c2nc(I)no2)c(C)c1. The van der Waals surface area contributed by atoms with E-state index in [1.807, 2.05) is 41.6 Å². The molecule has 0 N–H and O–H groups in total. The van der Waals surface area contributed by atoms with Crippen LogP contribution in [0.4, 0.5) is 0 Å². The van der Waals surface area contributed by atoms with E-state index in [1.165, 1.54) is 5.56 Å². The smallest absolute Gasteiger partial charge is 0.258 e. The molecule has 0 spiro atoms. The second-order valence-corrected chi connectivity index (χ2v) is 4.15. The van der Waals surface area contributed by atoms with E-state index >= 15 is 0 Å². The Morgan fingerprint density at radius 1 is 1.29 bits per heavy atom. The molecule has 0 aliphatic rings. The van der Waals surface area contributed by atoms with E-state index < -0.39 is 0 Å². The maximum Gasteiger partial charge on any atom is 0.258 e. The molecule has 0 fully saturated rings. The van der Waals surface area contributed by atoms with Crippen molar-refractivity contribution < 1.29 is 4.52 Å². The van der Waals surface area contributed by atoms with Gasteiger partial charge in [0.1, 0.15) is 0 Å². The third-order valence-corrected chi connectivity index (χ3v) is 2.45. The Balaban J connectivity index is 2.52. The number of hydrogen-bond donors (Lipinski definition) is 0. The molecule has 1 aromatic heterocycles. The molecular formula is C10H9IN2O. The van der Waals surface area contributed by atoms with Crippen LogP contribution < -0.4 is 0 Å². The Morgan fingerprint density at radius 2 is 2.07 bits per heavy atom. The first-order valence-electron chi connectivity index (χ1n) is 4.23. The highest BCUT2D eigenvalue weighted by Crippen LogP contribution is 2.22. The second kappa shape index (κ2) is 3.68. The second-order valence-electron chi connectivity index (χ2n) is 3.19. The monoisotopic (exact) mass is 300 g/mol. The molecule has 0 aliphatic carbocycles. The van der Waals surface area contributed by atoms with Gasteiger partial charge in [0.25, 0.3) is 5.89 Å². The lowest BCUT2D eigenvalue weighted by Crippen LogP contribution is -1.84. The Bertz CT molecular complexity index is 465. The minimum absolute atomic E-state index is 0.590. The molecule has 2 aromatic rings. The van der Waals surface area contributed by atoms with E-state index in [0.717, 1.165) is 11.1 Å². The lowest BCUT2D eigenvalue weighted by molar-refractivity contribution is 0.425.